The third kappa shape index (κ3) is 1.75. The van der Waals surface area contributed by atoms with Crippen molar-refractivity contribution in [3.63, 3.8) is 0 Å². The Kier molecular flexibility index (Phi) is 2.87. The summed E-state index contributed by atoms with van der Waals surface area (Å²) < 4.78 is 26.3. The summed E-state index contributed by atoms with van der Waals surface area (Å²) in [6.07, 6.45) is 1.67. The first-order valence-electron chi connectivity index (χ1n) is 3.68. The molecular formula is C6H10N4O3S. The molecule has 0 aliphatic carbocycles. The van der Waals surface area contributed by atoms with E-state index in [1.807, 2.05) is 0 Å². The molecule has 1 rings (SSSR count). The largest absolute Gasteiger partial charge is 0.322 e. The maximum Gasteiger partial charge on any atom is 0.259 e. The van der Waals surface area contributed by atoms with E-state index in [2.05, 4.69) is 15.0 Å². The van der Waals surface area contributed by atoms with Crippen LogP contribution in [0.4, 0.5) is 5.82 Å². The zero-order valence-corrected chi connectivity index (χ0v) is 8.50. The maximum absolute atomic E-state index is 11.5. The molecule has 14 heavy (non-hydrogen) atoms. The fraction of sp³-hybridized carbons (Fsp3) is 0.333. The SMILES string of the molecule is CNS(=O)(=O)c1c(NC=O)ncn1C. The molecule has 0 aliphatic heterocycles. The molecule has 1 amide bonds. The van der Waals surface area contributed by atoms with Crippen molar-refractivity contribution in [1.29, 1.82) is 0 Å². The molecule has 0 bridgehead atoms. The predicted molar refractivity (Wildman–Crippen MR) is 49.1 cm³/mol. The fourth-order valence-electron chi connectivity index (χ4n) is 0.987. The number of aryl methyl sites for hydroxylation is 1. The highest BCUT2D eigenvalue weighted by Crippen LogP contribution is 2.17. The van der Waals surface area contributed by atoms with E-state index in [1.54, 1.807) is 0 Å². The number of amides is 1. The first-order valence-corrected chi connectivity index (χ1v) is 5.16. The number of hydrogen-bond acceptors (Lipinski definition) is 4. The summed E-state index contributed by atoms with van der Waals surface area (Å²) in [5.41, 5.74) is 0. The van der Waals surface area contributed by atoms with E-state index in [9.17, 15) is 13.2 Å². The van der Waals surface area contributed by atoms with E-state index in [4.69, 9.17) is 0 Å². The van der Waals surface area contributed by atoms with Crippen LogP contribution in [0.15, 0.2) is 11.4 Å². The average molecular weight is 218 g/mol. The minimum Gasteiger partial charge on any atom is -0.322 e. The second kappa shape index (κ2) is 3.76. The topological polar surface area (TPSA) is 93.1 Å². The number of nitrogens with one attached hydrogen (secondary N) is 2. The molecule has 1 aromatic heterocycles. The molecule has 1 aromatic rings. The molecule has 78 valence electrons. The summed E-state index contributed by atoms with van der Waals surface area (Å²) in [5, 5.41) is 2.13. The van der Waals surface area contributed by atoms with Crippen LogP contribution in [0.3, 0.4) is 0 Å². The van der Waals surface area contributed by atoms with Crippen molar-refractivity contribution in [2.45, 2.75) is 5.03 Å². The van der Waals surface area contributed by atoms with Gasteiger partial charge in [0.2, 0.25) is 6.41 Å². The van der Waals surface area contributed by atoms with Crippen molar-refractivity contribution < 1.29 is 13.2 Å². The van der Waals surface area contributed by atoms with Crippen LogP contribution in [0.2, 0.25) is 0 Å². The van der Waals surface area contributed by atoms with Crippen LogP contribution in [0.1, 0.15) is 0 Å². The number of imidazole rings is 1. The molecule has 0 saturated heterocycles. The fourth-order valence-corrected chi connectivity index (χ4v) is 1.97. The molecule has 7 nitrogen and oxygen atoms in total. The number of nitrogens with zero attached hydrogens (tertiary/aromatic N) is 2. The Balaban J connectivity index is 3.31. The van der Waals surface area contributed by atoms with Crippen LogP contribution in [0.5, 0.6) is 0 Å². The first-order chi connectivity index (χ1) is 6.53. The Labute approximate surface area is 81.2 Å². The van der Waals surface area contributed by atoms with Gasteiger partial charge in [-0.3, -0.25) is 4.79 Å². The quantitative estimate of drug-likeness (QED) is 0.627. The normalized spacial score (nSPS) is 11.3. The third-order valence-corrected chi connectivity index (χ3v) is 3.13. The number of carbonyl (C=O) groups is 1. The summed E-state index contributed by atoms with van der Waals surface area (Å²) >= 11 is 0. The van der Waals surface area contributed by atoms with Gasteiger partial charge in [-0.25, -0.2) is 18.1 Å². The van der Waals surface area contributed by atoms with Gasteiger partial charge in [-0.15, -0.1) is 0 Å². The van der Waals surface area contributed by atoms with Crippen molar-refractivity contribution >= 4 is 22.3 Å². The Morgan fingerprint density at radius 2 is 2.21 bits per heavy atom. The van der Waals surface area contributed by atoms with Gasteiger partial charge in [-0.05, 0) is 7.05 Å². The standard InChI is InChI=1S/C6H10N4O3S/c1-7-14(12,13)6-5(9-4-11)8-3-10(6)2/h3-4,7H,1-2H3,(H,9,11). The number of anilines is 1. The van der Waals surface area contributed by atoms with E-state index in [-0.39, 0.29) is 10.8 Å². The van der Waals surface area contributed by atoms with Gasteiger partial charge in [-0.1, -0.05) is 0 Å². The number of sulfonamides is 1. The Bertz CT molecular complexity index is 436. The van der Waals surface area contributed by atoms with E-state index in [0.29, 0.717) is 6.41 Å². The van der Waals surface area contributed by atoms with Gasteiger partial charge in [0.25, 0.3) is 10.0 Å². The molecule has 0 aliphatic rings. The lowest BCUT2D eigenvalue weighted by atomic mass is 10.7. The van der Waals surface area contributed by atoms with E-state index < -0.39 is 10.0 Å². The van der Waals surface area contributed by atoms with Crippen LogP contribution < -0.4 is 10.0 Å². The molecule has 0 spiro atoms. The molecular weight excluding hydrogens is 208 g/mol. The molecule has 0 unspecified atom stereocenters. The monoisotopic (exact) mass is 218 g/mol. The molecule has 1 heterocycles. The molecule has 2 N–H and O–H groups in total. The van der Waals surface area contributed by atoms with Gasteiger partial charge in [0.05, 0.1) is 6.33 Å². The van der Waals surface area contributed by atoms with Crippen molar-refractivity contribution in [2.75, 3.05) is 12.4 Å². The lowest BCUT2D eigenvalue weighted by Gasteiger charge is -2.04. The van der Waals surface area contributed by atoms with Gasteiger partial charge < -0.3 is 9.88 Å². The summed E-state index contributed by atoms with van der Waals surface area (Å²) in [6.45, 7) is 0. The molecule has 0 fully saturated rings. The minimum atomic E-state index is -3.61. The van der Waals surface area contributed by atoms with E-state index in [1.165, 1.54) is 25.0 Å². The Morgan fingerprint density at radius 3 is 2.71 bits per heavy atom. The Hall–Kier alpha value is -1.41. The zero-order chi connectivity index (χ0) is 10.8. The number of hydrogen-bond donors (Lipinski definition) is 2. The number of aromatic nitrogens is 2. The van der Waals surface area contributed by atoms with Gasteiger partial charge in [-0.2, -0.15) is 0 Å². The first kappa shape index (κ1) is 10.7. The summed E-state index contributed by atoms with van der Waals surface area (Å²) in [7, 11) is -0.804. The minimum absolute atomic E-state index is 0.0110. The Morgan fingerprint density at radius 1 is 1.57 bits per heavy atom. The van der Waals surface area contributed by atoms with Crippen LogP contribution in [-0.2, 0) is 21.9 Å². The smallest absolute Gasteiger partial charge is 0.259 e. The predicted octanol–water partition coefficient (Wildman–Crippen LogP) is -1.10. The number of carbonyl (C=O) groups excluding carboxylic acids is 1. The zero-order valence-electron chi connectivity index (χ0n) is 7.68. The van der Waals surface area contributed by atoms with E-state index >= 15 is 0 Å². The van der Waals surface area contributed by atoms with Crippen molar-refractivity contribution in [1.82, 2.24) is 14.3 Å². The highest BCUT2D eigenvalue weighted by molar-refractivity contribution is 7.89. The number of rotatable bonds is 4. The van der Waals surface area contributed by atoms with Gasteiger partial charge >= 0.3 is 0 Å². The van der Waals surface area contributed by atoms with Crippen molar-refractivity contribution in [2.24, 2.45) is 7.05 Å². The lowest BCUT2D eigenvalue weighted by molar-refractivity contribution is -0.105. The third-order valence-electron chi connectivity index (χ3n) is 1.60. The summed E-state index contributed by atoms with van der Waals surface area (Å²) in [4.78, 5) is 13.9. The highest BCUT2D eigenvalue weighted by atomic mass is 32.2. The van der Waals surface area contributed by atoms with Crippen molar-refractivity contribution in [3.8, 4) is 0 Å². The second-order valence-corrected chi connectivity index (χ2v) is 4.28. The lowest BCUT2D eigenvalue weighted by Crippen LogP contribution is -2.22. The van der Waals surface area contributed by atoms with Crippen LogP contribution >= 0.6 is 0 Å². The van der Waals surface area contributed by atoms with Crippen LogP contribution in [-0.4, -0.2) is 31.4 Å². The highest BCUT2D eigenvalue weighted by Gasteiger charge is 2.21. The summed E-state index contributed by atoms with van der Waals surface area (Å²) in [6, 6.07) is 0. The molecule has 0 atom stereocenters. The van der Waals surface area contributed by atoms with Gasteiger partial charge in [0.1, 0.15) is 0 Å². The maximum atomic E-state index is 11.5. The van der Waals surface area contributed by atoms with Gasteiger partial charge in [0, 0.05) is 7.05 Å². The van der Waals surface area contributed by atoms with Crippen LogP contribution in [0.25, 0.3) is 0 Å². The molecule has 0 radical (unpaired) electrons. The summed E-state index contributed by atoms with van der Waals surface area (Å²) in [5.74, 6) is 0.0110. The van der Waals surface area contributed by atoms with Gasteiger partial charge in [0.15, 0.2) is 10.8 Å². The average Bonchev–Trinajstić information content (AvgIpc) is 2.48. The van der Waals surface area contributed by atoms with Crippen molar-refractivity contribution in [3.05, 3.63) is 6.33 Å². The molecule has 0 aromatic carbocycles. The molecule has 8 heteroatoms. The van der Waals surface area contributed by atoms with E-state index in [0.717, 1.165) is 0 Å². The molecule has 0 saturated carbocycles. The van der Waals surface area contributed by atoms with Crippen LogP contribution in [0, 0.1) is 0 Å². The second-order valence-electron chi connectivity index (χ2n) is 2.48.